The van der Waals surface area contributed by atoms with Crippen LogP contribution in [0.15, 0.2) is 30.6 Å². The Hall–Kier alpha value is -2.72. The number of halogens is 4. The number of alkyl halides is 3. The number of pyridine rings is 2. The van der Waals surface area contributed by atoms with Crippen LogP contribution in [0, 0.1) is 0 Å². The molecule has 0 N–H and O–H groups in total. The minimum atomic E-state index is -4.48. The molecule has 0 unspecified atom stereocenters. The molecule has 4 rings (SSSR count). The second kappa shape index (κ2) is 8.80. The van der Waals surface area contributed by atoms with Crippen molar-refractivity contribution >= 4 is 28.4 Å². The zero-order valence-corrected chi connectivity index (χ0v) is 17.2. The molecular weight excluding hydrogens is 435 g/mol. The Morgan fingerprint density at radius 1 is 1.19 bits per heavy atom. The molecule has 0 saturated carbocycles. The maximum absolute atomic E-state index is 13.2. The van der Waals surface area contributed by atoms with Crippen LogP contribution < -0.4 is 0 Å². The van der Waals surface area contributed by atoms with Crippen molar-refractivity contribution < 1.29 is 22.7 Å². The van der Waals surface area contributed by atoms with E-state index in [1.165, 1.54) is 12.3 Å². The minimum Gasteiger partial charge on any atom is -0.380 e. The molecule has 1 aliphatic heterocycles. The Morgan fingerprint density at radius 2 is 2.03 bits per heavy atom. The van der Waals surface area contributed by atoms with Crippen LogP contribution in [0.3, 0.4) is 0 Å². The van der Waals surface area contributed by atoms with E-state index in [1.807, 2.05) is 0 Å². The molecule has 1 amide bonds. The first-order chi connectivity index (χ1) is 14.8. The van der Waals surface area contributed by atoms with Crippen LogP contribution in [0.1, 0.15) is 28.3 Å². The van der Waals surface area contributed by atoms with E-state index in [2.05, 4.69) is 15.1 Å². The third-order valence-corrected chi connectivity index (χ3v) is 5.28. The topological polar surface area (TPSA) is 73.1 Å². The van der Waals surface area contributed by atoms with Gasteiger partial charge in [0.15, 0.2) is 0 Å². The Labute approximate surface area is 180 Å². The number of carbonyl (C=O) groups excluding carboxylic acids is 1. The summed E-state index contributed by atoms with van der Waals surface area (Å²) in [5, 5.41) is 4.96. The van der Waals surface area contributed by atoms with Gasteiger partial charge in [-0.3, -0.25) is 19.4 Å². The molecule has 0 aliphatic carbocycles. The monoisotopic (exact) mass is 453 g/mol. The highest BCUT2D eigenvalue weighted by Crippen LogP contribution is 2.27. The van der Waals surface area contributed by atoms with Crippen molar-refractivity contribution in [2.45, 2.75) is 25.6 Å². The number of nitrogens with zero attached hydrogens (tertiary/aromatic N) is 5. The van der Waals surface area contributed by atoms with Gasteiger partial charge in [0.1, 0.15) is 12.2 Å². The molecule has 164 valence electrons. The molecule has 3 aromatic heterocycles. The van der Waals surface area contributed by atoms with Gasteiger partial charge in [-0.2, -0.15) is 18.3 Å². The molecule has 0 spiro atoms. The summed E-state index contributed by atoms with van der Waals surface area (Å²) in [6, 6.07) is 4.68. The Morgan fingerprint density at radius 3 is 2.81 bits per heavy atom. The molecule has 0 aromatic carbocycles. The summed E-state index contributed by atoms with van der Waals surface area (Å²) in [5.74, 6) is -0.346. The predicted octanol–water partition coefficient (Wildman–Crippen LogP) is 3.50. The van der Waals surface area contributed by atoms with E-state index in [0.29, 0.717) is 54.5 Å². The lowest BCUT2D eigenvalue weighted by Gasteiger charge is -2.19. The normalized spacial score (nSPS) is 15.3. The lowest BCUT2D eigenvalue weighted by molar-refractivity contribution is -0.141. The number of carbonyl (C=O) groups is 1. The summed E-state index contributed by atoms with van der Waals surface area (Å²) in [4.78, 5) is 22.9. The summed E-state index contributed by atoms with van der Waals surface area (Å²) < 4.78 is 45.7. The Bertz CT molecular complexity index is 1090. The van der Waals surface area contributed by atoms with Crippen LogP contribution in [0.25, 0.3) is 10.9 Å². The lowest BCUT2D eigenvalue weighted by atomic mass is 10.1. The van der Waals surface area contributed by atoms with Gasteiger partial charge < -0.3 is 9.64 Å². The van der Waals surface area contributed by atoms with Gasteiger partial charge in [0, 0.05) is 43.9 Å². The standard InChI is InChI=1S/C20H19ClF3N5O2/c21-14-3-1-4-25-16(14)9-15-13-11-26-17(19(30)28-5-2-7-31-8-6-28)10-18(13)29(27-15)12-20(22,23)24/h1,3-4,10-11H,2,5-9,12H2. The molecule has 31 heavy (non-hydrogen) atoms. The first kappa shape index (κ1) is 21.5. The van der Waals surface area contributed by atoms with Crippen molar-refractivity contribution in [1.29, 1.82) is 0 Å². The second-order valence-electron chi connectivity index (χ2n) is 7.17. The predicted molar refractivity (Wildman–Crippen MR) is 107 cm³/mol. The van der Waals surface area contributed by atoms with Crippen LogP contribution in [-0.2, 0) is 17.7 Å². The number of hydrogen-bond donors (Lipinski definition) is 0. The van der Waals surface area contributed by atoms with E-state index in [9.17, 15) is 18.0 Å². The average Bonchev–Trinajstić information content (AvgIpc) is 2.90. The number of ether oxygens (including phenoxy) is 1. The van der Waals surface area contributed by atoms with Gasteiger partial charge in [-0.25, -0.2) is 0 Å². The summed E-state index contributed by atoms with van der Waals surface area (Å²) in [6.45, 7) is 0.602. The van der Waals surface area contributed by atoms with Crippen molar-refractivity contribution in [1.82, 2.24) is 24.6 Å². The molecule has 1 aliphatic rings. The summed E-state index contributed by atoms with van der Waals surface area (Å²) >= 11 is 6.15. The van der Waals surface area contributed by atoms with E-state index < -0.39 is 12.7 Å². The second-order valence-corrected chi connectivity index (χ2v) is 7.58. The highest BCUT2D eigenvalue weighted by atomic mass is 35.5. The van der Waals surface area contributed by atoms with Crippen LogP contribution in [0.4, 0.5) is 13.2 Å². The van der Waals surface area contributed by atoms with Crippen molar-refractivity contribution in [3.63, 3.8) is 0 Å². The Balaban J connectivity index is 1.73. The Kier molecular flexibility index (Phi) is 6.10. The quantitative estimate of drug-likeness (QED) is 0.604. The average molecular weight is 454 g/mol. The third-order valence-electron chi connectivity index (χ3n) is 4.94. The molecule has 7 nitrogen and oxygen atoms in total. The van der Waals surface area contributed by atoms with Gasteiger partial charge >= 0.3 is 6.18 Å². The highest BCUT2D eigenvalue weighted by molar-refractivity contribution is 6.31. The fourth-order valence-electron chi connectivity index (χ4n) is 3.49. The molecule has 0 bridgehead atoms. The van der Waals surface area contributed by atoms with E-state index in [4.69, 9.17) is 16.3 Å². The van der Waals surface area contributed by atoms with Gasteiger partial charge in [0.05, 0.1) is 28.5 Å². The van der Waals surface area contributed by atoms with Gasteiger partial charge in [-0.15, -0.1) is 0 Å². The molecule has 1 fully saturated rings. The maximum atomic E-state index is 13.2. The van der Waals surface area contributed by atoms with Crippen LogP contribution in [0.5, 0.6) is 0 Å². The first-order valence-corrected chi connectivity index (χ1v) is 10.1. The summed E-state index contributed by atoms with van der Waals surface area (Å²) in [7, 11) is 0. The number of fused-ring (bicyclic) bond motifs is 1. The zero-order valence-electron chi connectivity index (χ0n) is 16.4. The molecule has 1 saturated heterocycles. The summed E-state index contributed by atoms with van der Waals surface area (Å²) in [6.07, 6.45) is -0.706. The smallest absolute Gasteiger partial charge is 0.380 e. The van der Waals surface area contributed by atoms with Crippen molar-refractivity contribution in [3.8, 4) is 0 Å². The van der Waals surface area contributed by atoms with E-state index in [1.54, 1.807) is 23.2 Å². The van der Waals surface area contributed by atoms with E-state index in [0.717, 1.165) is 4.68 Å². The molecule has 4 heterocycles. The van der Waals surface area contributed by atoms with Crippen LogP contribution >= 0.6 is 11.6 Å². The third kappa shape index (κ3) is 4.96. The lowest BCUT2D eigenvalue weighted by Crippen LogP contribution is -2.33. The van der Waals surface area contributed by atoms with Crippen LogP contribution in [0.2, 0.25) is 5.02 Å². The maximum Gasteiger partial charge on any atom is 0.408 e. The van der Waals surface area contributed by atoms with Gasteiger partial charge in [0.2, 0.25) is 0 Å². The molecule has 11 heteroatoms. The van der Waals surface area contributed by atoms with Crippen molar-refractivity contribution in [3.05, 3.63) is 52.7 Å². The highest BCUT2D eigenvalue weighted by Gasteiger charge is 2.30. The van der Waals surface area contributed by atoms with Crippen molar-refractivity contribution in [2.75, 3.05) is 26.3 Å². The zero-order chi connectivity index (χ0) is 22.0. The summed E-state index contributed by atoms with van der Waals surface area (Å²) in [5.41, 5.74) is 1.10. The van der Waals surface area contributed by atoms with Gasteiger partial charge in [0.25, 0.3) is 5.91 Å². The fraction of sp³-hybridized carbons (Fsp3) is 0.400. The van der Waals surface area contributed by atoms with Crippen LogP contribution in [-0.4, -0.2) is 63.0 Å². The SMILES string of the molecule is O=C(c1cc2c(cn1)c(Cc1ncccc1Cl)nn2CC(F)(F)F)N1CCCOCC1. The minimum absolute atomic E-state index is 0.0696. The molecule has 3 aromatic rings. The van der Waals surface area contributed by atoms with E-state index >= 15 is 0 Å². The van der Waals surface area contributed by atoms with Gasteiger partial charge in [-0.05, 0) is 24.6 Å². The van der Waals surface area contributed by atoms with Crippen molar-refractivity contribution in [2.24, 2.45) is 0 Å². The fourth-order valence-corrected chi connectivity index (χ4v) is 3.68. The number of hydrogen-bond acceptors (Lipinski definition) is 5. The molecular formula is C20H19ClF3N5O2. The number of amides is 1. The largest absolute Gasteiger partial charge is 0.408 e. The number of aromatic nitrogens is 4. The molecule has 0 atom stereocenters. The van der Waals surface area contributed by atoms with Gasteiger partial charge in [-0.1, -0.05) is 11.6 Å². The first-order valence-electron chi connectivity index (χ1n) is 9.70. The molecule has 0 radical (unpaired) electrons. The van der Waals surface area contributed by atoms with E-state index in [-0.39, 0.29) is 23.5 Å². The number of rotatable bonds is 4.